The number of nitrogens with zero attached hydrogens (tertiary/aromatic N) is 1. The van der Waals surface area contributed by atoms with Gasteiger partial charge in [-0.3, -0.25) is 0 Å². The monoisotopic (exact) mass is 225 g/mol. The molecule has 0 aliphatic carbocycles. The van der Waals surface area contributed by atoms with Gasteiger partial charge < -0.3 is 5.11 Å². The van der Waals surface area contributed by atoms with Gasteiger partial charge in [-0.25, -0.2) is 4.98 Å². The number of aryl methyl sites for hydroxylation is 1. The highest BCUT2D eigenvalue weighted by molar-refractivity contribution is 7.16. The Bertz CT molecular complexity index is 450. The van der Waals surface area contributed by atoms with Crippen molar-refractivity contribution in [1.29, 1.82) is 0 Å². The molecular formula is C10H8ClNOS. The summed E-state index contributed by atoms with van der Waals surface area (Å²) in [6, 6.07) is 7.49. The van der Waals surface area contributed by atoms with Gasteiger partial charge in [-0.2, -0.15) is 0 Å². The summed E-state index contributed by atoms with van der Waals surface area (Å²) in [7, 11) is 0. The van der Waals surface area contributed by atoms with Gasteiger partial charge in [0.1, 0.15) is 0 Å². The van der Waals surface area contributed by atoms with Crippen LogP contribution in [-0.2, 0) is 0 Å². The molecule has 1 N–H and O–H groups in total. The maximum Gasteiger partial charge on any atom is 0.271 e. The Balaban J connectivity index is 2.49. The quantitative estimate of drug-likeness (QED) is 0.806. The summed E-state index contributed by atoms with van der Waals surface area (Å²) in [5.41, 5.74) is 1.87. The van der Waals surface area contributed by atoms with Gasteiger partial charge >= 0.3 is 0 Å². The molecule has 2 rings (SSSR count). The average Bonchev–Trinajstić information content (AvgIpc) is 2.47. The standard InChI is InChI=1S/C10H8ClNOS/c1-6-9(14-10(13)12-6)7-2-4-8(11)5-3-7/h2-5H,1H3,(H,12,13). The normalized spacial score (nSPS) is 10.4. The third-order valence-electron chi connectivity index (χ3n) is 1.89. The van der Waals surface area contributed by atoms with E-state index in [0.717, 1.165) is 16.1 Å². The van der Waals surface area contributed by atoms with Crippen LogP contribution in [0.4, 0.5) is 0 Å². The fourth-order valence-corrected chi connectivity index (χ4v) is 2.19. The molecule has 14 heavy (non-hydrogen) atoms. The summed E-state index contributed by atoms with van der Waals surface area (Å²) in [5.74, 6) is 0. The molecule has 4 heteroatoms. The molecule has 0 aliphatic rings. The Morgan fingerprint density at radius 2 is 1.93 bits per heavy atom. The van der Waals surface area contributed by atoms with Gasteiger partial charge in [0.25, 0.3) is 5.19 Å². The Kier molecular flexibility index (Phi) is 2.44. The lowest BCUT2D eigenvalue weighted by molar-refractivity contribution is 0.470. The lowest BCUT2D eigenvalue weighted by atomic mass is 10.2. The summed E-state index contributed by atoms with van der Waals surface area (Å²) in [6.07, 6.45) is 0. The summed E-state index contributed by atoms with van der Waals surface area (Å²) in [4.78, 5) is 4.94. The Morgan fingerprint density at radius 3 is 2.43 bits per heavy atom. The van der Waals surface area contributed by atoms with E-state index < -0.39 is 0 Å². The molecule has 0 amide bonds. The third kappa shape index (κ3) is 1.74. The summed E-state index contributed by atoms with van der Waals surface area (Å²) in [5, 5.41) is 10.0. The van der Waals surface area contributed by atoms with Crippen LogP contribution >= 0.6 is 22.9 Å². The van der Waals surface area contributed by atoms with E-state index in [-0.39, 0.29) is 5.19 Å². The maximum absolute atomic E-state index is 9.23. The molecule has 2 nitrogen and oxygen atoms in total. The topological polar surface area (TPSA) is 33.1 Å². The van der Waals surface area contributed by atoms with E-state index in [9.17, 15) is 5.11 Å². The lowest BCUT2D eigenvalue weighted by Crippen LogP contribution is -1.76. The Hall–Kier alpha value is -1.06. The summed E-state index contributed by atoms with van der Waals surface area (Å²) in [6.45, 7) is 1.88. The molecule has 0 aliphatic heterocycles. The minimum absolute atomic E-state index is 0.104. The molecule has 0 atom stereocenters. The Morgan fingerprint density at radius 1 is 1.29 bits per heavy atom. The van der Waals surface area contributed by atoms with Gasteiger partial charge in [0.15, 0.2) is 0 Å². The van der Waals surface area contributed by atoms with Crippen LogP contribution in [0.15, 0.2) is 24.3 Å². The van der Waals surface area contributed by atoms with E-state index in [1.54, 1.807) is 0 Å². The van der Waals surface area contributed by atoms with Crippen molar-refractivity contribution < 1.29 is 5.11 Å². The van der Waals surface area contributed by atoms with Gasteiger partial charge in [-0.05, 0) is 24.6 Å². The minimum Gasteiger partial charge on any atom is -0.486 e. The van der Waals surface area contributed by atoms with Crippen molar-refractivity contribution in [1.82, 2.24) is 4.98 Å². The van der Waals surface area contributed by atoms with E-state index in [4.69, 9.17) is 11.6 Å². The highest BCUT2D eigenvalue weighted by atomic mass is 35.5. The SMILES string of the molecule is Cc1nc(O)sc1-c1ccc(Cl)cc1. The molecule has 1 heterocycles. The van der Waals surface area contributed by atoms with Gasteiger partial charge in [0.2, 0.25) is 0 Å². The highest BCUT2D eigenvalue weighted by Gasteiger charge is 2.08. The van der Waals surface area contributed by atoms with Gasteiger partial charge in [-0.1, -0.05) is 35.1 Å². The molecular weight excluding hydrogens is 218 g/mol. The van der Waals surface area contributed by atoms with Crippen molar-refractivity contribution in [3.8, 4) is 15.6 Å². The number of benzene rings is 1. The summed E-state index contributed by atoms with van der Waals surface area (Å²) < 4.78 is 0. The molecule has 0 unspecified atom stereocenters. The second kappa shape index (κ2) is 3.59. The number of aromatic hydroxyl groups is 1. The molecule has 72 valence electrons. The van der Waals surface area contributed by atoms with Crippen LogP contribution in [0.25, 0.3) is 10.4 Å². The number of hydrogen-bond acceptors (Lipinski definition) is 3. The van der Waals surface area contributed by atoms with Crippen molar-refractivity contribution in [2.24, 2.45) is 0 Å². The first-order chi connectivity index (χ1) is 6.66. The lowest BCUT2D eigenvalue weighted by Gasteiger charge is -1.97. The first-order valence-electron chi connectivity index (χ1n) is 4.09. The van der Waals surface area contributed by atoms with Crippen LogP contribution in [0.5, 0.6) is 5.19 Å². The van der Waals surface area contributed by atoms with Crippen LogP contribution in [0, 0.1) is 6.92 Å². The Labute approximate surface area is 90.8 Å². The molecule has 0 saturated heterocycles. The zero-order valence-corrected chi connectivity index (χ0v) is 9.06. The predicted molar refractivity (Wildman–Crippen MR) is 59.0 cm³/mol. The van der Waals surface area contributed by atoms with Crippen LogP contribution < -0.4 is 0 Å². The van der Waals surface area contributed by atoms with E-state index in [0.29, 0.717) is 5.02 Å². The second-order valence-corrected chi connectivity index (χ2v) is 4.33. The molecule has 0 bridgehead atoms. The molecule has 0 radical (unpaired) electrons. The molecule has 1 aromatic heterocycles. The van der Waals surface area contributed by atoms with Crippen LogP contribution in [-0.4, -0.2) is 10.1 Å². The number of rotatable bonds is 1. The molecule has 1 aromatic carbocycles. The van der Waals surface area contributed by atoms with Crippen molar-refractivity contribution in [2.75, 3.05) is 0 Å². The zero-order chi connectivity index (χ0) is 10.1. The first-order valence-corrected chi connectivity index (χ1v) is 5.28. The minimum atomic E-state index is 0.104. The fraction of sp³-hybridized carbons (Fsp3) is 0.100. The largest absolute Gasteiger partial charge is 0.486 e. The number of thiazole rings is 1. The number of hydrogen-bond donors (Lipinski definition) is 1. The van der Waals surface area contributed by atoms with E-state index in [2.05, 4.69) is 4.98 Å². The molecule has 2 aromatic rings. The van der Waals surface area contributed by atoms with Crippen molar-refractivity contribution in [3.05, 3.63) is 35.0 Å². The number of aromatic nitrogens is 1. The van der Waals surface area contributed by atoms with Gasteiger partial charge in [-0.15, -0.1) is 0 Å². The maximum atomic E-state index is 9.23. The fourth-order valence-electron chi connectivity index (χ4n) is 1.25. The smallest absolute Gasteiger partial charge is 0.271 e. The van der Waals surface area contributed by atoms with E-state index in [1.807, 2.05) is 31.2 Å². The zero-order valence-electron chi connectivity index (χ0n) is 7.49. The third-order valence-corrected chi connectivity index (χ3v) is 3.15. The van der Waals surface area contributed by atoms with Crippen LogP contribution in [0.2, 0.25) is 5.02 Å². The molecule has 0 fully saturated rings. The first kappa shape index (κ1) is 9.49. The van der Waals surface area contributed by atoms with Gasteiger partial charge in [0.05, 0.1) is 10.6 Å². The van der Waals surface area contributed by atoms with Gasteiger partial charge in [0, 0.05) is 5.02 Å². The van der Waals surface area contributed by atoms with E-state index in [1.165, 1.54) is 11.3 Å². The summed E-state index contributed by atoms with van der Waals surface area (Å²) >= 11 is 7.06. The van der Waals surface area contributed by atoms with Crippen LogP contribution in [0.3, 0.4) is 0 Å². The van der Waals surface area contributed by atoms with Crippen LogP contribution in [0.1, 0.15) is 5.69 Å². The van der Waals surface area contributed by atoms with Crippen molar-refractivity contribution in [2.45, 2.75) is 6.92 Å². The average molecular weight is 226 g/mol. The van der Waals surface area contributed by atoms with Crippen molar-refractivity contribution in [3.63, 3.8) is 0 Å². The molecule has 0 saturated carbocycles. The van der Waals surface area contributed by atoms with E-state index >= 15 is 0 Å². The van der Waals surface area contributed by atoms with Crippen molar-refractivity contribution >= 4 is 22.9 Å². The highest BCUT2D eigenvalue weighted by Crippen LogP contribution is 2.33. The predicted octanol–water partition coefficient (Wildman–Crippen LogP) is 3.48. The molecule has 0 spiro atoms. The number of halogens is 1. The second-order valence-electron chi connectivity index (χ2n) is 2.92.